The van der Waals surface area contributed by atoms with Crippen LogP contribution in [0.1, 0.15) is 31.3 Å². The number of aromatic nitrogens is 1. The fraction of sp³-hybridized carbons (Fsp3) is 0.400. The summed E-state index contributed by atoms with van der Waals surface area (Å²) in [5.41, 5.74) is 2.31. The molecule has 0 unspecified atom stereocenters. The molecule has 4 rings (SSSR count). The van der Waals surface area contributed by atoms with Gasteiger partial charge >= 0.3 is 0 Å². The number of hydrogen-bond acceptors (Lipinski definition) is 3. The van der Waals surface area contributed by atoms with Crippen LogP contribution in [0.2, 0.25) is 0 Å². The topological polar surface area (TPSA) is 37.7 Å². The summed E-state index contributed by atoms with van der Waals surface area (Å²) in [6.07, 6.45) is 0. The van der Waals surface area contributed by atoms with Crippen molar-refractivity contribution in [1.82, 2.24) is 9.47 Å². The summed E-state index contributed by atoms with van der Waals surface area (Å²) in [4.78, 5) is 17.4. The Bertz CT molecular complexity index is 1070. The van der Waals surface area contributed by atoms with E-state index in [1.807, 2.05) is 47.1 Å². The average Bonchev–Trinajstić information content (AvgIpc) is 3.13. The molecule has 164 valence electrons. The lowest BCUT2D eigenvalue weighted by molar-refractivity contribution is 0.0735. The first-order valence-electron chi connectivity index (χ1n) is 11.0. The molecule has 2 aromatic carbocycles. The lowest BCUT2D eigenvalue weighted by Gasteiger charge is -2.36. The fourth-order valence-electron chi connectivity index (χ4n) is 4.30. The van der Waals surface area contributed by atoms with Crippen LogP contribution < -0.4 is 9.64 Å². The predicted molar refractivity (Wildman–Crippen MR) is 122 cm³/mol. The average molecular weight is 424 g/mol. The molecule has 31 heavy (non-hydrogen) atoms. The maximum Gasteiger partial charge on any atom is 0.270 e. The maximum absolute atomic E-state index is 14.2. The largest absolute Gasteiger partial charge is 0.493 e. The standard InChI is InChI=1S/C25H30FN3O2/c1-4-31-24-11-7-10-21-19(24)16-23(29(21)17-18(2)3)25(30)28-14-12-27(13-15-28)22-9-6-5-8-20(22)26/h5-11,16,18H,4,12-15,17H2,1-3H3. The third-order valence-electron chi connectivity index (χ3n) is 5.73. The van der Waals surface area contributed by atoms with Gasteiger partial charge in [0.1, 0.15) is 17.3 Å². The third-order valence-corrected chi connectivity index (χ3v) is 5.73. The molecule has 1 amide bonds. The van der Waals surface area contributed by atoms with Gasteiger partial charge in [0.05, 0.1) is 17.8 Å². The quantitative estimate of drug-likeness (QED) is 0.572. The number of amides is 1. The van der Waals surface area contributed by atoms with Crippen LogP contribution in [0.5, 0.6) is 5.75 Å². The molecular formula is C25H30FN3O2. The van der Waals surface area contributed by atoms with E-state index in [1.54, 1.807) is 12.1 Å². The van der Waals surface area contributed by atoms with Crippen molar-refractivity contribution < 1.29 is 13.9 Å². The molecule has 0 spiro atoms. The molecule has 0 atom stereocenters. The first-order valence-corrected chi connectivity index (χ1v) is 11.0. The smallest absolute Gasteiger partial charge is 0.270 e. The number of benzene rings is 2. The molecule has 0 saturated carbocycles. The fourth-order valence-corrected chi connectivity index (χ4v) is 4.30. The van der Waals surface area contributed by atoms with Crippen molar-refractivity contribution in [3.8, 4) is 5.75 Å². The van der Waals surface area contributed by atoms with E-state index >= 15 is 0 Å². The second kappa shape index (κ2) is 9.00. The number of para-hydroxylation sites is 1. The van der Waals surface area contributed by atoms with Crippen LogP contribution in [0.3, 0.4) is 0 Å². The van der Waals surface area contributed by atoms with Crippen LogP contribution in [0.25, 0.3) is 10.9 Å². The Labute approximate surface area is 183 Å². The van der Waals surface area contributed by atoms with Gasteiger partial charge in [0.15, 0.2) is 0 Å². The molecular weight excluding hydrogens is 393 g/mol. The molecule has 1 aliphatic rings. The van der Waals surface area contributed by atoms with Crippen LogP contribution in [-0.2, 0) is 6.54 Å². The molecule has 1 aliphatic heterocycles. The number of carbonyl (C=O) groups is 1. The van der Waals surface area contributed by atoms with E-state index in [-0.39, 0.29) is 11.7 Å². The lowest BCUT2D eigenvalue weighted by Crippen LogP contribution is -2.49. The zero-order valence-corrected chi connectivity index (χ0v) is 18.5. The summed E-state index contributed by atoms with van der Waals surface area (Å²) in [6.45, 7) is 9.96. The zero-order valence-electron chi connectivity index (χ0n) is 18.5. The number of anilines is 1. The molecule has 6 heteroatoms. The van der Waals surface area contributed by atoms with E-state index in [0.29, 0.717) is 50.1 Å². The normalized spacial score (nSPS) is 14.5. The molecule has 0 N–H and O–H groups in total. The summed E-state index contributed by atoms with van der Waals surface area (Å²) >= 11 is 0. The molecule has 5 nitrogen and oxygen atoms in total. The van der Waals surface area contributed by atoms with Crippen LogP contribution >= 0.6 is 0 Å². The van der Waals surface area contributed by atoms with Crippen molar-refractivity contribution in [3.05, 3.63) is 60.0 Å². The van der Waals surface area contributed by atoms with Gasteiger partial charge in [-0.2, -0.15) is 0 Å². The second-order valence-corrected chi connectivity index (χ2v) is 8.39. The summed E-state index contributed by atoms with van der Waals surface area (Å²) in [5.74, 6) is 1.01. The number of rotatable bonds is 6. The van der Waals surface area contributed by atoms with E-state index in [4.69, 9.17) is 4.74 Å². The molecule has 1 saturated heterocycles. The Morgan fingerprint density at radius 3 is 2.48 bits per heavy atom. The van der Waals surface area contributed by atoms with E-state index in [2.05, 4.69) is 18.4 Å². The van der Waals surface area contributed by atoms with E-state index < -0.39 is 0 Å². The first-order chi connectivity index (χ1) is 15.0. The van der Waals surface area contributed by atoms with E-state index in [1.165, 1.54) is 6.07 Å². The van der Waals surface area contributed by atoms with Gasteiger partial charge in [-0.15, -0.1) is 0 Å². The van der Waals surface area contributed by atoms with Gasteiger partial charge in [0, 0.05) is 38.1 Å². The highest BCUT2D eigenvalue weighted by Crippen LogP contribution is 2.31. The van der Waals surface area contributed by atoms with Crippen molar-refractivity contribution in [2.75, 3.05) is 37.7 Å². The molecule has 1 aromatic heterocycles. The number of halogens is 1. The van der Waals surface area contributed by atoms with Crippen LogP contribution in [0, 0.1) is 11.7 Å². The van der Waals surface area contributed by atoms with Crippen LogP contribution in [0.4, 0.5) is 10.1 Å². The predicted octanol–water partition coefficient (Wildman–Crippen LogP) is 4.80. The Kier molecular flexibility index (Phi) is 6.16. The monoisotopic (exact) mass is 423 g/mol. The molecule has 0 bridgehead atoms. The number of carbonyl (C=O) groups excluding carboxylic acids is 1. The molecule has 2 heterocycles. The van der Waals surface area contributed by atoms with Gasteiger partial charge in [-0.05, 0) is 43.2 Å². The first kappa shape index (κ1) is 21.2. The lowest BCUT2D eigenvalue weighted by atomic mass is 10.2. The summed E-state index contributed by atoms with van der Waals surface area (Å²) in [6, 6.07) is 14.8. The minimum Gasteiger partial charge on any atom is -0.493 e. The van der Waals surface area contributed by atoms with Gasteiger partial charge in [-0.3, -0.25) is 4.79 Å². The highest BCUT2D eigenvalue weighted by molar-refractivity contribution is 6.00. The maximum atomic E-state index is 14.2. The van der Waals surface area contributed by atoms with Crippen molar-refractivity contribution in [1.29, 1.82) is 0 Å². The van der Waals surface area contributed by atoms with E-state index in [0.717, 1.165) is 23.2 Å². The van der Waals surface area contributed by atoms with Crippen LogP contribution in [0.15, 0.2) is 48.5 Å². The minimum atomic E-state index is -0.220. The highest BCUT2D eigenvalue weighted by atomic mass is 19.1. The molecule has 0 aliphatic carbocycles. The van der Waals surface area contributed by atoms with E-state index in [9.17, 15) is 9.18 Å². The Balaban J connectivity index is 1.60. The number of ether oxygens (including phenoxy) is 1. The van der Waals surface area contributed by atoms with Crippen molar-refractivity contribution in [2.24, 2.45) is 5.92 Å². The van der Waals surface area contributed by atoms with Crippen LogP contribution in [-0.4, -0.2) is 48.2 Å². The van der Waals surface area contributed by atoms with Gasteiger partial charge in [0.25, 0.3) is 5.91 Å². The number of hydrogen-bond donors (Lipinski definition) is 0. The van der Waals surface area contributed by atoms with Gasteiger partial charge < -0.3 is 19.1 Å². The summed E-state index contributed by atoms with van der Waals surface area (Å²) in [7, 11) is 0. The Hall–Kier alpha value is -3.02. The zero-order chi connectivity index (χ0) is 22.0. The Morgan fingerprint density at radius 1 is 1.06 bits per heavy atom. The highest BCUT2D eigenvalue weighted by Gasteiger charge is 2.27. The van der Waals surface area contributed by atoms with Crippen molar-refractivity contribution in [2.45, 2.75) is 27.3 Å². The second-order valence-electron chi connectivity index (χ2n) is 8.39. The molecule has 0 radical (unpaired) electrons. The Morgan fingerprint density at radius 2 is 1.81 bits per heavy atom. The summed E-state index contributed by atoms with van der Waals surface area (Å²) in [5, 5.41) is 0.971. The number of nitrogens with zero attached hydrogens (tertiary/aromatic N) is 3. The number of piperazine rings is 1. The van der Waals surface area contributed by atoms with Crippen molar-refractivity contribution in [3.63, 3.8) is 0 Å². The van der Waals surface area contributed by atoms with Gasteiger partial charge in [-0.1, -0.05) is 32.0 Å². The summed E-state index contributed by atoms with van der Waals surface area (Å²) < 4.78 is 22.1. The van der Waals surface area contributed by atoms with Gasteiger partial charge in [-0.25, -0.2) is 4.39 Å². The van der Waals surface area contributed by atoms with Gasteiger partial charge in [0.2, 0.25) is 0 Å². The molecule has 1 fully saturated rings. The number of fused-ring (bicyclic) bond motifs is 1. The van der Waals surface area contributed by atoms with Crippen molar-refractivity contribution >= 4 is 22.5 Å². The minimum absolute atomic E-state index is 0.0208. The third kappa shape index (κ3) is 4.24. The molecule has 3 aromatic rings. The SMILES string of the molecule is CCOc1cccc2c1cc(C(=O)N1CCN(c3ccccc3F)CC1)n2CC(C)C.